The lowest BCUT2D eigenvalue weighted by atomic mass is 9.97. The second kappa shape index (κ2) is 9.80. The Labute approximate surface area is 199 Å². The highest BCUT2D eigenvalue weighted by molar-refractivity contribution is 5.93. The van der Waals surface area contributed by atoms with Gasteiger partial charge in [-0.15, -0.1) is 10.2 Å². The molecule has 2 saturated heterocycles. The zero-order chi connectivity index (χ0) is 23.5. The average molecular weight is 462 g/mol. The summed E-state index contributed by atoms with van der Waals surface area (Å²) in [5.74, 6) is 1.44. The maximum Gasteiger partial charge on any atom is 0.229 e. The van der Waals surface area contributed by atoms with Crippen LogP contribution in [-0.2, 0) is 9.53 Å². The summed E-state index contributed by atoms with van der Waals surface area (Å²) in [6.07, 6.45) is 1.81. The molecule has 0 radical (unpaired) electrons. The zero-order valence-corrected chi connectivity index (χ0v) is 19.8. The molecule has 4 heterocycles. The quantitative estimate of drug-likeness (QED) is 0.625. The standard InChI is InChI=1S/C25H31N7O2/c1-18-16-19(2)32(29-18)24-10-9-23(27-28-24)31-11-3-4-20(17-31)25(33)26-21-5-7-22(8-6-21)30-12-14-34-15-13-30/h5-10,16,20H,3-4,11-15,17H2,1-2H3,(H,26,33). The van der Waals surface area contributed by atoms with Gasteiger partial charge in [-0.25, -0.2) is 4.68 Å². The molecule has 5 rings (SSSR count). The SMILES string of the molecule is Cc1cc(C)n(-c2ccc(N3CCCC(C(=O)Nc4ccc(N5CCOCC5)cc4)C3)nn2)n1. The van der Waals surface area contributed by atoms with Gasteiger partial charge in [0.15, 0.2) is 11.6 Å². The third-order valence-corrected chi connectivity index (χ3v) is 6.49. The van der Waals surface area contributed by atoms with Crippen molar-refractivity contribution in [3.05, 3.63) is 53.9 Å². The molecule has 2 aliphatic heterocycles. The fraction of sp³-hybridized carbons (Fsp3) is 0.440. The Kier molecular flexibility index (Phi) is 6.44. The number of morpholine rings is 1. The first kappa shape index (κ1) is 22.3. The number of aryl methyl sites for hydroxylation is 2. The third kappa shape index (κ3) is 4.89. The largest absolute Gasteiger partial charge is 0.378 e. The van der Waals surface area contributed by atoms with E-state index in [0.29, 0.717) is 12.4 Å². The van der Waals surface area contributed by atoms with E-state index in [9.17, 15) is 4.79 Å². The number of carbonyl (C=O) groups is 1. The van der Waals surface area contributed by atoms with Crippen LogP contribution in [0.25, 0.3) is 5.82 Å². The van der Waals surface area contributed by atoms with Crippen LogP contribution >= 0.6 is 0 Å². The molecule has 0 saturated carbocycles. The van der Waals surface area contributed by atoms with Crippen LogP contribution in [0.5, 0.6) is 0 Å². The van der Waals surface area contributed by atoms with Gasteiger partial charge < -0.3 is 19.9 Å². The van der Waals surface area contributed by atoms with Crippen LogP contribution in [0.3, 0.4) is 0 Å². The van der Waals surface area contributed by atoms with Gasteiger partial charge >= 0.3 is 0 Å². The second-order valence-corrected chi connectivity index (χ2v) is 9.01. The minimum atomic E-state index is -0.0924. The van der Waals surface area contributed by atoms with Crippen molar-refractivity contribution >= 4 is 23.1 Å². The van der Waals surface area contributed by atoms with E-state index in [1.54, 1.807) is 4.68 Å². The molecule has 1 amide bonds. The lowest BCUT2D eigenvalue weighted by molar-refractivity contribution is -0.120. The van der Waals surface area contributed by atoms with Crippen molar-refractivity contribution in [3.8, 4) is 5.82 Å². The lowest BCUT2D eigenvalue weighted by Gasteiger charge is -2.32. The Hall–Kier alpha value is -3.46. The number of nitrogens with one attached hydrogen (secondary N) is 1. The molecule has 1 unspecified atom stereocenters. The summed E-state index contributed by atoms with van der Waals surface area (Å²) in [5.41, 5.74) is 3.96. The molecule has 1 N–H and O–H groups in total. The van der Waals surface area contributed by atoms with E-state index in [-0.39, 0.29) is 11.8 Å². The molecule has 3 aromatic rings. The van der Waals surface area contributed by atoms with E-state index in [1.165, 1.54) is 0 Å². The number of amides is 1. The first-order valence-corrected chi connectivity index (χ1v) is 11.9. The van der Waals surface area contributed by atoms with E-state index in [2.05, 4.69) is 42.5 Å². The van der Waals surface area contributed by atoms with E-state index in [1.807, 2.05) is 44.2 Å². The van der Waals surface area contributed by atoms with Crippen molar-refractivity contribution < 1.29 is 9.53 Å². The Morgan fingerprint density at radius 1 is 0.971 bits per heavy atom. The van der Waals surface area contributed by atoms with E-state index in [4.69, 9.17) is 4.74 Å². The van der Waals surface area contributed by atoms with Gasteiger partial charge in [-0.2, -0.15) is 5.10 Å². The zero-order valence-electron chi connectivity index (χ0n) is 19.8. The van der Waals surface area contributed by atoms with Crippen LogP contribution in [0.2, 0.25) is 0 Å². The van der Waals surface area contributed by atoms with Crippen molar-refractivity contribution in [2.24, 2.45) is 5.92 Å². The molecule has 0 aliphatic carbocycles. The Bertz CT molecular complexity index is 1120. The number of benzene rings is 1. The van der Waals surface area contributed by atoms with E-state index >= 15 is 0 Å². The highest BCUT2D eigenvalue weighted by Gasteiger charge is 2.27. The highest BCUT2D eigenvalue weighted by Crippen LogP contribution is 2.24. The summed E-state index contributed by atoms with van der Waals surface area (Å²) in [7, 11) is 0. The Balaban J connectivity index is 1.20. The number of piperidine rings is 1. The smallest absolute Gasteiger partial charge is 0.229 e. The summed E-state index contributed by atoms with van der Waals surface area (Å²) in [5, 5.41) is 16.4. The van der Waals surface area contributed by atoms with Crippen molar-refractivity contribution in [3.63, 3.8) is 0 Å². The number of hydrogen-bond acceptors (Lipinski definition) is 7. The van der Waals surface area contributed by atoms with Gasteiger partial charge in [-0.3, -0.25) is 4.79 Å². The van der Waals surface area contributed by atoms with Gasteiger partial charge in [0.05, 0.1) is 24.8 Å². The maximum absolute atomic E-state index is 13.0. The summed E-state index contributed by atoms with van der Waals surface area (Å²) < 4.78 is 7.22. The van der Waals surface area contributed by atoms with Gasteiger partial charge in [0, 0.05) is 43.2 Å². The summed E-state index contributed by atoms with van der Waals surface area (Å²) in [6.45, 7) is 8.77. The normalized spacial score (nSPS) is 18.7. The molecule has 34 heavy (non-hydrogen) atoms. The average Bonchev–Trinajstić information content (AvgIpc) is 3.23. The topological polar surface area (TPSA) is 88.4 Å². The molecule has 0 bridgehead atoms. The first-order chi connectivity index (χ1) is 16.6. The Morgan fingerprint density at radius 3 is 2.38 bits per heavy atom. The van der Waals surface area contributed by atoms with Gasteiger partial charge in [-0.05, 0) is 69.2 Å². The predicted molar refractivity (Wildman–Crippen MR) is 132 cm³/mol. The van der Waals surface area contributed by atoms with Crippen LogP contribution in [0, 0.1) is 19.8 Å². The fourth-order valence-electron chi connectivity index (χ4n) is 4.68. The van der Waals surface area contributed by atoms with Crippen LogP contribution in [0.1, 0.15) is 24.2 Å². The molecule has 2 aromatic heterocycles. The molecule has 1 aromatic carbocycles. The van der Waals surface area contributed by atoms with Gasteiger partial charge in [0.2, 0.25) is 5.91 Å². The summed E-state index contributed by atoms with van der Waals surface area (Å²) in [6, 6.07) is 14.0. The number of hydrogen-bond donors (Lipinski definition) is 1. The van der Waals surface area contributed by atoms with Crippen molar-refractivity contribution in [1.82, 2.24) is 20.0 Å². The number of ether oxygens (including phenoxy) is 1. The number of carbonyl (C=O) groups excluding carboxylic acids is 1. The van der Waals surface area contributed by atoms with Crippen LogP contribution in [0.4, 0.5) is 17.2 Å². The lowest BCUT2D eigenvalue weighted by Crippen LogP contribution is -2.41. The summed E-state index contributed by atoms with van der Waals surface area (Å²) >= 11 is 0. The number of rotatable bonds is 5. The highest BCUT2D eigenvalue weighted by atomic mass is 16.5. The molecule has 2 aliphatic rings. The van der Waals surface area contributed by atoms with Crippen molar-refractivity contribution in [2.75, 3.05) is 54.5 Å². The molecule has 2 fully saturated rings. The van der Waals surface area contributed by atoms with Crippen LogP contribution in [-0.4, -0.2) is 65.3 Å². The molecule has 0 spiro atoms. The first-order valence-electron chi connectivity index (χ1n) is 11.9. The summed E-state index contributed by atoms with van der Waals surface area (Å²) in [4.78, 5) is 17.4. The number of nitrogens with zero attached hydrogens (tertiary/aromatic N) is 6. The Morgan fingerprint density at radius 2 is 1.71 bits per heavy atom. The molecule has 9 nitrogen and oxygen atoms in total. The maximum atomic E-state index is 13.0. The van der Waals surface area contributed by atoms with Gasteiger partial charge in [-0.1, -0.05) is 0 Å². The molecule has 9 heteroatoms. The van der Waals surface area contributed by atoms with Gasteiger partial charge in [0.1, 0.15) is 0 Å². The van der Waals surface area contributed by atoms with Crippen molar-refractivity contribution in [2.45, 2.75) is 26.7 Å². The minimum Gasteiger partial charge on any atom is -0.378 e. The predicted octanol–water partition coefficient (Wildman–Crippen LogP) is 2.97. The fourth-order valence-corrected chi connectivity index (χ4v) is 4.68. The second-order valence-electron chi connectivity index (χ2n) is 9.01. The number of anilines is 3. The monoisotopic (exact) mass is 461 g/mol. The molecule has 178 valence electrons. The molecular weight excluding hydrogens is 430 g/mol. The third-order valence-electron chi connectivity index (χ3n) is 6.49. The van der Waals surface area contributed by atoms with Crippen LogP contribution in [0.15, 0.2) is 42.5 Å². The van der Waals surface area contributed by atoms with Crippen LogP contribution < -0.4 is 15.1 Å². The molecular formula is C25H31N7O2. The molecule has 1 atom stereocenters. The van der Waals surface area contributed by atoms with E-state index < -0.39 is 0 Å². The van der Waals surface area contributed by atoms with Crippen molar-refractivity contribution in [1.29, 1.82) is 0 Å². The van der Waals surface area contributed by atoms with E-state index in [0.717, 1.165) is 74.3 Å². The van der Waals surface area contributed by atoms with Gasteiger partial charge in [0.25, 0.3) is 0 Å². The number of aromatic nitrogens is 4. The minimum absolute atomic E-state index is 0.0519.